The van der Waals surface area contributed by atoms with Gasteiger partial charge in [-0.2, -0.15) is 0 Å². The second-order valence-corrected chi connectivity index (χ2v) is 8.78. The first-order valence-electron chi connectivity index (χ1n) is 11.0. The molecule has 1 fully saturated rings. The topological polar surface area (TPSA) is 117 Å². The van der Waals surface area contributed by atoms with E-state index in [2.05, 4.69) is 15.0 Å². The number of piperazine rings is 1. The van der Waals surface area contributed by atoms with Crippen molar-refractivity contribution in [1.29, 1.82) is 0 Å². The van der Waals surface area contributed by atoms with E-state index in [9.17, 15) is 14.7 Å². The molecule has 0 atom stereocenters. The van der Waals surface area contributed by atoms with Crippen LogP contribution in [-0.2, 0) is 0 Å². The maximum Gasteiger partial charge on any atom is 0.335 e. The van der Waals surface area contributed by atoms with Crippen LogP contribution in [0.3, 0.4) is 0 Å². The van der Waals surface area contributed by atoms with Crippen molar-refractivity contribution in [2.75, 3.05) is 36.0 Å². The van der Waals surface area contributed by atoms with Crippen LogP contribution in [0.4, 0.5) is 11.6 Å². The highest BCUT2D eigenvalue weighted by molar-refractivity contribution is 6.42. The minimum Gasteiger partial charge on any atom is -0.492 e. The number of benzene rings is 2. The van der Waals surface area contributed by atoms with Crippen LogP contribution in [0, 0.1) is 0 Å². The molecule has 5 rings (SSSR count). The van der Waals surface area contributed by atoms with Gasteiger partial charge in [0.25, 0.3) is 5.56 Å². The fourth-order valence-corrected chi connectivity index (χ4v) is 4.25. The summed E-state index contributed by atoms with van der Waals surface area (Å²) in [4.78, 5) is 39.8. The molecule has 12 heteroatoms. The summed E-state index contributed by atoms with van der Waals surface area (Å²) in [6.07, 6.45) is 3.34. The van der Waals surface area contributed by atoms with Gasteiger partial charge in [0, 0.05) is 44.6 Å². The van der Waals surface area contributed by atoms with Gasteiger partial charge in [0.1, 0.15) is 11.5 Å². The van der Waals surface area contributed by atoms with Crippen molar-refractivity contribution < 1.29 is 9.84 Å². The smallest absolute Gasteiger partial charge is 0.335 e. The SMILES string of the molecule is O=c1[nH]c(=O)n(-c2ccc(Oc3ccc(Cl)c(Cl)c3)cc2)c(O)c1N1CCN(c2ncccn2)CC1. The minimum absolute atomic E-state index is 0.0272. The number of H-pyrrole nitrogens is 1. The minimum atomic E-state index is -0.754. The summed E-state index contributed by atoms with van der Waals surface area (Å²) in [5.41, 5.74) is -1.03. The van der Waals surface area contributed by atoms with E-state index in [-0.39, 0.29) is 5.69 Å². The molecule has 1 aliphatic heterocycles. The van der Waals surface area contributed by atoms with Gasteiger partial charge in [-0.1, -0.05) is 23.2 Å². The van der Waals surface area contributed by atoms with Crippen LogP contribution in [0.1, 0.15) is 0 Å². The Morgan fingerprint density at radius 1 is 0.861 bits per heavy atom. The Labute approximate surface area is 215 Å². The molecule has 2 N–H and O–H groups in total. The summed E-state index contributed by atoms with van der Waals surface area (Å²) in [6.45, 7) is 1.96. The fourth-order valence-electron chi connectivity index (χ4n) is 3.96. The number of hydrogen-bond donors (Lipinski definition) is 2. The lowest BCUT2D eigenvalue weighted by molar-refractivity contribution is 0.428. The first kappa shape index (κ1) is 23.7. The molecule has 36 heavy (non-hydrogen) atoms. The zero-order valence-electron chi connectivity index (χ0n) is 18.8. The van der Waals surface area contributed by atoms with Crippen molar-refractivity contribution >= 4 is 34.8 Å². The summed E-state index contributed by atoms with van der Waals surface area (Å²) in [5, 5.41) is 11.8. The molecular weight excluding hydrogens is 507 g/mol. The summed E-state index contributed by atoms with van der Waals surface area (Å²) in [6, 6.07) is 13.1. The van der Waals surface area contributed by atoms with Crippen molar-refractivity contribution in [2.45, 2.75) is 0 Å². The van der Waals surface area contributed by atoms with E-state index in [1.807, 2.05) is 4.90 Å². The van der Waals surface area contributed by atoms with Gasteiger partial charge in [-0.3, -0.25) is 9.78 Å². The van der Waals surface area contributed by atoms with E-state index in [0.717, 1.165) is 4.57 Å². The number of halogens is 2. The Kier molecular flexibility index (Phi) is 6.53. The highest BCUT2D eigenvalue weighted by Crippen LogP contribution is 2.31. The predicted octanol–water partition coefficient (Wildman–Crippen LogP) is 3.45. The highest BCUT2D eigenvalue weighted by atomic mass is 35.5. The van der Waals surface area contributed by atoms with Crippen molar-refractivity contribution in [1.82, 2.24) is 19.5 Å². The van der Waals surface area contributed by atoms with Crippen molar-refractivity contribution in [2.24, 2.45) is 0 Å². The summed E-state index contributed by atoms with van der Waals surface area (Å²) in [7, 11) is 0. The van der Waals surface area contributed by atoms with E-state index in [1.165, 1.54) is 0 Å². The number of anilines is 2. The monoisotopic (exact) mass is 526 g/mol. The molecule has 2 aromatic carbocycles. The largest absolute Gasteiger partial charge is 0.492 e. The normalized spacial score (nSPS) is 13.6. The van der Waals surface area contributed by atoms with Crippen LogP contribution in [0.15, 0.2) is 70.5 Å². The number of aromatic amines is 1. The average molecular weight is 527 g/mol. The van der Waals surface area contributed by atoms with Gasteiger partial charge in [0.05, 0.1) is 15.7 Å². The van der Waals surface area contributed by atoms with Gasteiger partial charge in [-0.15, -0.1) is 0 Å². The zero-order valence-corrected chi connectivity index (χ0v) is 20.3. The second-order valence-electron chi connectivity index (χ2n) is 7.96. The van der Waals surface area contributed by atoms with Crippen LogP contribution in [0.2, 0.25) is 10.0 Å². The molecule has 1 saturated heterocycles. The van der Waals surface area contributed by atoms with Crippen molar-refractivity contribution in [3.05, 3.63) is 91.8 Å². The number of nitrogens with one attached hydrogen (secondary N) is 1. The maximum absolute atomic E-state index is 12.7. The van der Waals surface area contributed by atoms with Gasteiger partial charge < -0.3 is 19.6 Å². The number of rotatable bonds is 5. The summed E-state index contributed by atoms with van der Waals surface area (Å²) in [5.74, 6) is 1.13. The standard InChI is InChI=1S/C24H20Cl2N6O4/c25-18-7-6-17(14-19(18)26)36-16-4-2-15(3-5-16)32-22(34)20(21(33)29-24(32)35)30-10-12-31(13-11-30)23-27-8-1-9-28-23/h1-9,14,34H,10-13H2,(H,29,33,35). The second kappa shape index (κ2) is 9.92. The third kappa shape index (κ3) is 4.73. The average Bonchev–Trinajstić information content (AvgIpc) is 2.88. The molecule has 0 radical (unpaired) electrons. The lowest BCUT2D eigenvalue weighted by Gasteiger charge is -2.35. The van der Waals surface area contributed by atoms with Gasteiger partial charge in [0.15, 0.2) is 5.69 Å². The van der Waals surface area contributed by atoms with Gasteiger partial charge in [-0.25, -0.2) is 19.3 Å². The highest BCUT2D eigenvalue weighted by Gasteiger charge is 2.26. The fraction of sp³-hybridized carbons (Fsp3) is 0.167. The molecule has 1 aliphatic rings. The number of hydrogen-bond acceptors (Lipinski definition) is 8. The molecule has 3 heterocycles. The lowest BCUT2D eigenvalue weighted by atomic mass is 10.2. The van der Waals surface area contributed by atoms with Crippen LogP contribution >= 0.6 is 23.2 Å². The Morgan fingerprint density at radius 3 is 2.17 bits per heavy atom. The van der Waals surface area contributed by atoms with Crippen molar-refractivity contribution in [3.8, 4) is 23.1 Å². The van der Waals surface area contributed by atoms with Gasteiger partial charge >= 0.3 is 5.69 Å². The predicted molar refractivity (Wildman–Crippen MR) is 137 cm³/mol. The van der Waals surface area contributed by atoms with Gasteiger partial charge in [0.2, 0.25) is 11.8 Å². The van der Waals surface area contributed by atoms with Crippen LogP contribution < -0.4 is 25.8 Å². The molecular formula is C24H20Cl2N6O4. The van der Waals surface area contributed by atoms with Crippen LogP contribution in [0.25, 0.3) is 5.69 Å². The Hall–Kier alpha value is -4.02. The Morgan fingerprint density at radius 2 is 1.50 bits per heavy atom. The molecule has 0 aliphatic carbocycles. The van der Waals surface area contributed by atoms with Gasteiger partial charge in [-0.05, 0) is 42.5 Å². The van der Waals surface area contributed by atoms with Crippen LogP contribution in [0.5, 0.6) is 17.4 Å². The molecule has 2 aromatic heterocycles. The van der Waals surface area contributed by atoms with Crippen molar-refractivity contribution in [3.63, 3.8) is 0 Å². The Balaban J connectivity index is 1.38. The number of aromatic nitrogens is 4. The zero-order chi connectivity index (χ0) is 25.2. The number of ether oxygens (including phenoxy) is 1. The molecule has 10 nitrogen and oxygen atoms in total. The molecule has 0 amide bonds. The van der Waals surface area contributed by atoms with E-state index in [4.69, 9.17) is 27.9 Å². The summed E-state index contributed by atoms with van der Waals surface area (Å²) >= 11 is 12.0. The summed E-state index contributed by atoms with van der Waals surface area (Å²) < 4.78 is 6.82. The molecule has 0 spiro atoms. The van der Waals surface area contributed by atoms with Crippen LogP contribution in [-0.4, -0.2) is 50.8 Å². The molecule has 0 bridgehead atoms. The third-order valence-electron chi connectivity index (χ3n) is 5.71. The third-order valence-corrected chi connectivity index (χ3v) is 6.45. The first-order valence-corrected chi connectivity index (χ1v) is 11.7. The first-order chi connectivity index (χ1) is 17.4. The molecule has 0 saturated carbocycles. The lowest BCUT2D eigenvalue weighted by Crippen LogP contribution is -2.49. The molecule has 184 valence electrons. The van der Waals surface area contributed by atoms with E-state index >= 15 is 0 Å². The van der Waals surface area contributed by atoms with E-state index < -0.39 is 17.1 Å². The molecule has 4 aromatic rings. The van der Waals surface area contributed by atoms with E-state index in [1.54, 1.807) is 65.8 Å². The maximum atomic E-state index is 12.7. The van der Waals surface area contributed by atoms with E-state index in [0.29, 0.717) is 59.4 Å². The molecule has 0 unspecified atom stereocenters. The quantitative estimate of drug-likeness (QED) is 0.406. The Bertz CT molecular complexity index is 1500. The number of aromatic hydroxyl groups is 1. The number of nitrogens with zero attached hydrogens (tertiary/aromatic N) is 5.